The SMILES string of the molecule is O[C@](Cc1ccccc1F)(c1ccccc1)C1CCC1. The van der Waals surface area contributed by atoms with E-state index in [9.17, 15) is 9.50 Å². The highest BCUT2D eigenvalue weighted by molar-refractivity contribution is 5.29. The summed E-state index contributed by atoms with van der Waals surface area (Å²) in [6.45, 7) is 0. The summed E-state index contributed by atoms with van der Waals surface area (Å²) in [6, 6.07) is 16.4. The summed E-state index contributed by atoms with van der Waals surface area (Å²) in [5.74, 6) is -0.00862. The Hall–Kier alpha value is -1.67. The lowest BCUT2D eigenvalue weighted by atomic mass is 9.67. The van der Waals surface area contributed by atoms with E-state index in [1.54, 1.807) is 12.1 Å². The van der Waals surface area contributed by atoms with Crippen molar-refractivity contribution < 1.29 is 9.50 Å². The lowest BCUT2D eigenvalue weighted by Crippen LogP contribution is -2.41. The van der Waals surface area contributed by atoms with Crippen LogP contribution in [-0.2, 0) is 12.0 Å². The van der Waals surface area contributed by atoms with Gasteiger partial charge >= 0.3 is 0 Å². The highest BCUT2D eigenvalue weighted by Crippen LogP contribution is 2.44. The third-order valence-electron chi connectivity index (χ3n) is 4.47. The summed E-state index contributed by atoms with van der Waals surface area (Å²) in [5, 5.41) is 11.2. The molecule has 2 heteroatoms. The molecule has 104 valence electrons. The molecule has 1 fully saturated rings. The maximum absolute atomic E-state index is 13.9. The van der Waals surface area contributed by atoms with E-state index < -0.39 is 5.60 Å². The Balaban J connectivity index is 1.96. The normalized spacial score (nSPS) is 18.3. The first-order valence-electron chi connectivity index (χ1n) is 7.21. The number of aliphatic hydroxyl groups is 1. The molecule has 1 N–H and O–H groups in total. The van der Waals surface area contributed by atoms with Crippen LogP contribution in [0.3, 0.4) is 0 Å². The molecular formula is C18H19FO. The molecule has 0 aliphatic heterocycles. The highest BCUT2D eigenvalue weighted by Gasteiger charge is 2.41. The third kappa shape index (κ3) is 2.36. The van der Waals surface area contributed by atoms with Crippen LogP contribution in [0.5, 0.6) is 0 Å². The topological polar surface area (TPSA) is 20.2 Å². The molecular weight excluding hydrogens is 251 g/mol. The van der Waals surface area contributed by atoms with E-state index in [1.807, 2.05) is 36.4 Å². The molecule has 0 heterocycles. The molecule has 0 saturated heterocycles. The monoisotopic (exact) mass is 270 g/mol. The van der Waals surface area contributed by atoms with Gasteiger partial charge in [-0.2, -0.15) is 0 Å². The van der Waals surface area contributed by atoms with E-state index in [-0.39, 0.29) is 11.7 Å². The lowest BCUT2D eigenvalue weighted by Gasteiger charge is -2.42. The Morgan fingerprint density at radius 2 is 1.65 bits per heavy atom. The Bertz CT molecular complexity index is 577. The molecule has 2 aromatic rings. The van der Waals surface area contributed by atoms with Gasteiger partial charge in [0.1, 0.15) is 5.82 Å². The summed E-state index contributed by atoms with van der Waals surface area (Å²) in [4.78, 5) is 0. The number of hydrogen-bond donors (Lipinski definition) is 1. The zero-order chi connectivity index (χ0) is 14.0. The smallest absolute Gasteiger partial charge is 0.126 e. The van der Waals surface area contributed by atoms with Crippen molar-refractivity contribution in [1.29, 1.82) is 0 Å². The maximum atomic E-state index is 13.9. The number of halogens is 1. The highest BCUT2D eigenvalue weighted by atomic mass is 19.1. The first-order valence-corrected chi connectivity index (χ1v) is 7.21. The Morgan fingerprint density at radius 1 is 1.00 bits per heavy atom. The number of rotatable bonds is 4. The number of benzene rings is 2. The minimum absolute atomic E-state index is 0.226. The van der Waals surface area contributed by atoms with E-state index in [0.29, 0.717) is 12.0 Å². The van der Waals surface area contributed by atoms with Crippen LogP contribution in [0.25, 0.3) is 0 Å². The van der Waals surface area contributed by atoms with Gasteiger partial charge in [0, 0.05) is 6.42 Å². The van der Waals surface area contributed by atoms with E-state index in [1.165, 1.54) is 6.07 Å². The molecule has 0 bridgehead atoms. The van der Waals surface area contributed by atoms with E-state index in [2.05, 4.69) is 0 Å². The van der Waals surface area contributed by atoms with Gasteiger partial charge in [-0.15, -0.1) is 0 Å². The van der Waals surface area contributed by atoms with Crippen LogP contribution >= 0.6 is 0 Å². The Kier molecular flexibility index (Phi) is 3.58. The van der Waals surface area contributed by atoms with Gasteiger partial charge in [-0.1, -0.05) is 55.0 Å². The van der Waals surface area contributed by atoms with Crippen molar-refractivity contribution in [2.45, 2.75) is 31.3 Å². The summed E-state index contributed by atoms with van der Waals surface area (Å²) in [6.07, 6.45) is 3.52. The van der Waals surface area contributed by atoms with Crippen molar-refractivity contribution in [3.05, 3.63) is 71.5 Å². The second-order valence-electron chi connectivity index (χ2n) is 5.69. The van der Waals surface area contributed by atoms with Gasteiger partial charge in [0.05, 0.1) is 5.60 Å². The third-order valence-corrected chi connectivity index (χ3v) is 4.47. The molecule has 0 aromatic heterocycles. The fraction of sp³-hybridized carbons (Fsp3) is 0.333. The fourth-order valence-corrected chi connectivity index (χ4v) is 3.03. The van der Waals surface area contributed by atoms with Gasteiger partial charge in [0.2, 0.25) is 0 Å². The standard InChI is InChI=1S/C18H19FO/c19-17-12-5-4-7-14(17)13-18(20,16-10-6-11-16)15-8-2-1-3-9-15/h1-5,7-9,12,16,20H,6,10-11,13H2/t18-/m1/s1. The van der Waals surface area contributed by atoms with Crippen LogP contribution in [0, 0.1) is 11.7 Å². The molecule has 1 atom stereocenters. The number of hydrogen-bond acceptors (Lipinski definition) is 1. The predicted octanol–water partition coefficient (Wildman–Crippen LogP) is 4.06. The van der Waals surface area contributed by atoms with E-state index in [0.717, 1.165) is 24.8 Å². The molecule has 0 radical (unpaired) electrons. The van der Waals surface area contributed by atoms with Crippen LogP contribution in [0.4, 0.5) is 4.39 Å². The van der Waals surface area contributed by atoms with Crippen LogP contribution in [0.1, 0.15) is 30.4 Å². The first-order chi connectivity index (χ1) is 9.70. The van der Waals surface area contributed by atoms with Crippen molar-refractivity contribution >= 4 is 0 Å². The first kappa shape index (κ1) is 13.3. The van der Waals surface area contributed by atoms with Crippen molar-refractivity contribution in [1.82, 2.24) is 0 Å². The average molecular weight is 270 g/mol. The van der Waals surface area contributed by atoms with Gasteiger partial charge in [0.15, 0.2) is 0 Å². The van der Waals surface area contributed by atoms with Crippen molar-refractivity contribution in [3.63, 3.8) is 0 Å². The zero-order valence-corrected chi connectivity index (χ0v) is 11.4. The van der Waals surface area contributed by atoms with Gasteiger partial charge in [-0.25, -0.2) is 4.39 Å². The van der Waals surface area contributed by atoms with Gasteiger partial charge < -0.3 is 5.11 Å². The Morgan fingerprint density at radius 3 is 2.25 bits per heavy atom. The van der Waals surface area contributed by atoms with Crippen molar-refractivity contribution in [2.24, 2.45) is 5.92 Å². The van der Waals surface area contributed by atoms with Gasteiger partial charge in [-0.3, -0.25) is 0 Å². The average Bonchev–Trinajstić information content (AvgIpc) is 2.40. The molecule has 1 saturated carbocycles. The minimum Gasteiger partial charge on any atom is -0.385 e. The fourth-order valence-electron chi connectivity index (χ4n) is 3.03. The van der Waals surface area contributed by atoms with Crippen LogP contribution in [0.15, 0.2) is 54.6 Å². The minimum atomic E-state index is -0.957. The van der Waals surface area contributed by atoms with Crippen LogP contribution < -0.4 is 0 Å². The molecule has 0 amide bonds. The second-order valence-corrected chi connectivity index (χ2v) is 5.69. The van der Waals surface area contributed by atoms with Gasteiger partial charge in [-0.05, 0) is 36.0 Å². The van der Waals surface area contributed by atoms with Gasteiger partial charge in [0.25, 0.3) is 0 Å². The Labute approximate surface area is 119 Å². The summed E-state index contributed by atoms with van der Waals surface area (Å²) >= 11 is 0. The molecule has 1 aliphatic rings. The van der Waals surface area contributed by atoms with Crippen LogP contribution in [-0.4, -0.2) is 5.11 Å². The second kappa shape index (κ2) is 5.37. The predicted molar refractivity (Wildman–Crippen MR) is 77.8 cm³/mol. The summed E-state index contributed by atoms with van der Waals surface area (Å²) in [7, 11) is 0. The molecule has 0 spiro atoms. The summed E-state index contributed by atoms with van der Waals surface area (Å²) in [5.41, 5.74) is 0.528. The van der Waals surface area contributed by atoms with Crippen LogP contribution in [0.2, 0.25) is 0 Å². The molecule has 1 aliphatic carbocycles. The van der Waals surface area contributed by atoms with E-state index >= 15 is 0 Å². The molecule has 2 aromatic carbocycles. The quantitative estimate of drug-likeness (QED) is 0.888. The molecule has 0 unspecified atom stereocenters. The molecule has 20 heavy (non-hydrogen) atoms. The largest absolute Gasteiger partial charge is 0.385 e. The van der Waals surface area contributed by atoms with Crippen molar-refractivity contribution in [3.8, 4) is 0 Å². The summed E-state index contributed by atoms with van der Waals surface area (Å²) < 4.78 is 13.9. The molecule has 1 nitrogen and oxygen atoms in total. The lowest BCUT2D eigenvalue weighted by molar-refractivity contribution is -0.0566. The van der Waals surface area contributed by atoms with E-state index in [4.69, 9.17) is 0 Å². The molecule has 3 rings (SSSR count). The zero-order valence-electron chi connectivity index (χ0n) is 11.4. The maximum Gasteiger partial charge on any atom is 0.126 e. The van der Waals surface area contributed by atoms with Crippen molar-refractivity contribution in [2.75, 3.05) is 0 Å².